The topological polar surface area (TPSA) is 50.8 Å². The third-order valence-corrected chi connectivity index (χ3v) is 3.50. The lowest BCUT2D eigenvalue weighted by atomic mass is 10.3. The van der Waals surface area contributed by atoms with E-state index in [0.29, 0.717) is 19.7 Å². The number of amides is 1. The average molecular weight is 292 g/mol. The van der Waals surface area contributed by atoms with Gasteiger partial charge in [-0.3, -0.25) is 9.69 Å². The van der Waals surface area contributed by atoms with Crippen LogP contribution in [0.1, 0.15) is 12.8 Å². The van der Waals surface area contributed by atoms with Crippen molar-refractivity contribution in [3.8, 4) is 11.5 Å². The second kappa shape index (κ2) is 7.88. The van der Waals surface area contributed by atoms with Crippen LogP contribution >= 0.6 is 0 Å². The van der Waals surface area contributed by atoms with Crippen molar-refractivity contribution in [3.05, 3.63) is 24.3 Å². The molecule has 1 saturated carbocycles. The third kappa shape index (κ3) is 6.04. The Labute approximate surface area is 126 Å². The van der Waals surface area contributed by atoms with Crippen LogP contribution in [0.15, 0.2) is 24.3 Å². The van der Waals surface area contributed by atoms with Crippen molar-refractivity contribution >= 4 is 5.91 Å². The van der Waals surface area contributed by atoms with Crippen LogP contribution in [0.2, 0.25) is 0 Å². The molecular formula is C16H24N2O3. The zero-order valence-electron chi connectivity index (χ0n) is 12.8. The summed E-state index contributed by atoms with van der Waals surface area (Å²) in [5, 5.41) is 2.96. The van der Waals surface area contributed by atoms with Gasteiger partial charge in [-0.25, -0.2) is 0 Å². The molecule has 5 heteroatoms. The first-order valence-corrected chi connectivity index (χ1v) is 7.39. The highest BCUT2D eigenvalue weighted by Crippen LogP contribution is 2.27. The van der Waals surface area contributed by atoms with E-state index >= 15 is 0 Å². The Kier molecular flexibility index (Phi) is 5.87. The first kappa shape index (κ1) is 15.6. The van der Waals surface area contributed by atoms with Crippen LogP contribution in [0.25, 0.3) is 0 Å². The van der Waals surface area contributed by atoms with E-state index in [2.05, 4.69) is 5.32 Å². The number of hydrogen-bond acceptors (Lipinski definition) is 4. The molecule has 0 radical (unpaired) electrons. The summed E-state index contributed by atoms with van der Waals surface area (Å²) in [5.41, 5.74) is 0. The standard InChI is InChI=1S/C16H24N2O3/c1-18(12-16(19)17-11-13-3-4-13)9-10-21-15-7-5-14(20-2)6-8-15/h5-8,13H,3-4,9-12H2,1-2H3,(H,17,19). The van der Waals surface area contributed by atoms with Crippen LogP contribution in [0.3, 0.4) is 0 Å². The molecule has 1 fully saturated rings. The fourth-order valence-electron chi connectivity index (χ4n) is 1.95. The molecule has 116 valence electrons. The first-order chi connectivity index (χ1) is 10.2. The zero-order valence-corrected chi connectivity index (χ0v) is 12.8. The first-order valence-electron chi connectivity index (χ1n) is 7.39. The number of likely N-dealkylation sites (N-methyl/N-ethyl adjacent to an activating group) is 1. The van der Waals surface area contributed by atoms with Gasteiger partial charge in [-0.2, -0.15) is 0 Å². The van der Waals surface area contributed by atoms with Crippen molar-refractivity contribution in [1.29, 1.82) is 0 Å². The molecule has 1 aliphatic rings. The van der Waals surface area contributed by atoms with Gasteiger partial charge >= 0.3 is 0 Å². The number of nitrogens with zero attached hydrogens (tertiary/aromatic N) is 1. The maximum absolute atomic E-state index is 11.7. The van der Waals surface area contributed by atoms with Crippen molar-refractivity contribution in [1.82, 2.24) is 10.2 Å². The van der Waals surface area contributed by atoms with Crippen LogP contribution in [-0.2, 0) is 4.79 Å². The predicted molar refractivity (Wildman–Crippen MR) is 81.7 cm³/mol. The third-order valence-electron chi connectivity index (χ3n) is 3.50. The van der Waals surface area contributed by atoms with Crippen molar-refractivity contribution in [2.45, 2.75) is 12.8 Å². The van der Waals surface area contributed by atoms with E-state index in [1.807, 2.05) is 36.2 Å². The fraction of sp³-hybridized carbons (Fsp3) is 0.562. The molecule has 0 unspecified atom stereocenters. The Morgan fingerprint density at radius 2 is 1.95 bits per heavy atom. The number of rotatable bonds is 9. The van der Waals surface area contributed by atoms with Gasteiger partial charge in [0.1, 0.15) is 18.1 Å². The molecule has 1 amide bonds. The number of carbonyl (C=O) groups excluding carboxylic acids is 1. The summed E-state index contributed by atoms with van der Waals surface area (Å²) in [6, 6.07) is 7.48. The van der Waals surface area contributed by atoms with Gasteiger partial charge in [0.05, 0.1) is 13.7 Å². The van der Waals surface area contributed by atoms with Crippen LogP contribution in [0, 0.1) is 5.92 Å². The van der Waals surface area contributed by atoms with Crippen molar-refractivity contribution in [2.24, 2.45) is 5.92 Å². The maximum atomic E-state index is 11.7. The van der Waals surface area contributed by atoms with E-state index in [1.165, 1.54) is 12.8 Å². The summed E-state index contributed by atoms with van der Waals surface area (Å²) >= 11 is 0. The summed E-state index contributed by atoms with van der Waals surface area (Å²) in [6.07, 6.45) is 2.51. The molecule has 0 bridgehead atoms. The number of carbonyl (C=O) groups is 1. The second-order valence-corrected chi connectivity index (χ2v) is 5.51. The van der Waals surface area contributed by atoms with Gasteiger partial charge < -0.3 is 14.8 Å². The summed E-state index contributed by atoms with van der Waals surface area (Å²) in [6.45, 7) is 2.51. The van der Waals surface area contributed by atoms with Crippen LogP contribution in [0.4, 0.5) is 0 Å². The highest BCUT2D eigenvalue weighted by Gasteiger charge is 2.21. The smallest absolute Gasteiger partial charge is 0.234 e. The predicted octanol–water partition coefficient (Wildman–Crippen LogP) is 1.53. The molecule has 1 aromatic rings. The lowest BCUT2D eigenvalue weighted by Crippen LogP contribution is -2.37. The van der Waals surface area contributed by atoms with E-state index in [0.717, 1.165) is 24.0 Å². The second-order valence-electron chi connectivity index (χ2n) is 5.51. The van der Waals surface area contributed by atoms with Crippen molar-refractivity contribution in [3.63, 3.8) is 0 Å². The van der Waals surface area contributed by atoms with Crippen molar-refractivity contribution < 1.29 is 14.3 Å². The molecular weight excluding hydrogens is 268 g/mol. The fourth-order valence-corrected chi connectivity index (χ4v) is 1.95. The highest BCUT2D eigenvalue weighted by molar-refractivity contribution is 5.77. The molecule has 5 nitrogen and oxygen atoms in total. The largest absolute Gasteiger partial charge is 0.497 e. The molecule has 0 atom stereocenters. The molecule has 0 saturated heterocycles. The molecule has 21 heavy (non-hydrogen) atoms. The normalized spacial score (nSPS) is 14.0. The van der Waals surface area contributed by atoms with E-state index in [9.17, 15) is 4.79 Å². The van der Waals surface area contributed by atoms with Crippen LogP contribution < -0.4 is 14.8 Å². The monoisotopic (exact) mass is 292 g/mol. The highest BCUT2D eigenvalue weighted by atomic mass is 16.5. The van der Waals surface area contributed by atoms with E-state index in [1.54, 1.807) is 7.11 Å². The average Bonchev–Trinajstić information content (AvgIpc) is 3.30. The summed E-state index contributed by atoms with van der Waals surface area (Å²) in [4.78, 5) is 13.6. The molecule has 0 aromatic heterocycles. The van der Waals surface area contributed by atoms with E-state index in [4.69, 9.17) is 9.47 Å². The van der Waals surface area contributed by atoms with E-state index in [-0.39, 0.29) is 5.91 Å². The number of nitrogens with one attached hydrogen (secondary N) is 1. The molecule has 0 heterocycles. The van der Waals surface area contributed by atoms with E-state index < -0.39 is 0 Å². The minimum Gasteiger partial charge on any atom is -0.497 e. The molecule has 1 aromatic carbocycles. The Morgan fingerprint density at radius 1 is 1.29 bits per heavy atom. The number of benzene rings is 1. The molecule has 1 N–H and O–H groups in total. The molecule has 2 rings (SSSR count). The van der Waals surface area contributed by atoms with Gasteiger partial charge in [0.2, 0.25) is 5.91 Å². The Morgan fingerprint density at radius 3 is 2.57 bits per heavy atom. The number of hydrogen-bond donors (Lipinski definition) is 1. The summed E-state index contributed by atoms with van der Waals surface area (Å²) in [7, 11) is 3.56. The SMILES string of the molecule is COc1ccc(OCCN(C)CC(=O)NCC2CC2)cc1. The molecule has 1 aliphatic carbocycles. The molecule has 0 aliphatic heterocycles. The zero-order chi connectivity index (χ0) is 15.1. The molecule has 0 spiro atoms. The van der Waals surface area contributed by atoms with Gasteiger partial charge in [-0.1, -0.05) is 0 Å². The lowest BCUT2D eigenvalue weighted by molar-refractivity contribution is -0.122. The lowest BCUT2D eigenvalue weighted by Gasteiger charge is -2.16. The minimum atomic E-state index is 0.0915. The Hall–Kier alpha value is -1.75. The van der Waals surface area contributed by atoms with Gasteiger partial charge in [0.25, 0.3) is 0 Å². The van der Waals surface area contributed by atoms with Crippen LogP contribution in [-0.4, -0.2) is 51.2 Å². The van der Waals surface area contributed by atoms with Crippen LogP contribution in [0.5, 0.6) is 11.5 Å². The Bertz CT molecular complexity index is 443. The number of ether oxygens (including phenoxy) is 2. The minimum absolute atomic E-state index is 0.0915. The van der Waals surface area contributed by atoms with Gasteiger partial charge in [0.15, 0.2) is 0 Å². The van der Waals surface area contributed by atoms with Gasteiger partial charge in [-0.05, 0) is 50.1 Å². The maximum Gasteiger partial charge on any atom is 0.234 e. The summed E-state index contributed by atoms with van der Waals surface area (Å²) in [5.74, 6) is 2.43. The quantitative estimate of drug-likeness (QED) is 0.750. The van der Waals surface area contributed by atoms with Gasteiger partial charge in [0, 0.05) is 13.1 Å². The van der Waals surface area contributed by atoms with Gasteiger partial charge in [-0.15, -0.1) is 0 Å². The van der Waals surface area contributed by atoms with Crippen molar-refractivity contribution in [2.75, 3.05) is 40.4 Å². The summed E-state index contributed by atoms with van der Waals surface area (Å²) < 4.78 is 10.7. The Balaban J connectivity index is 1.58. The number of methoxy groups -OCH3 is 1.